The van der Waals surface area contributed by atoms with Crippen LogP contribution in [-0.4, -0.2) is 21.9 Å². The molecule has 4 rings (SSSR count). The van der Waals surface area contributed by atoms with Gasteiger partial charge in [-0.2, -0.15) is 0 Å². The molecule has 0 atom stereocenters. The van der Waals surface area contributed by atoms with Crippen molar-refractivity contribution in [2.24, 2.45) is 0 Å². The fourth-order valence-electron chi connectivity index (χ4n) is 2.84. The van der Waals surface area contributed by atoms with E-state index in [9.17, 15) is 9.59 Å². The Morgan fingerprint density at radius 3 is 2.37 bits per heavy atom. The van der Waals surface area contributed by atoms with E-state index in [4.69, 9.17) is 28.6 Å². The predicted molar refractivity (Wildman–Crippen MR) is 118 cm³/mol. The van der Waals surface area contributed by atoms with Gasteiger partial charge in [0.25, 0.3) is 11.8 Å². The van der Waals surface area contributed by atoms with Crippen molar-refractivity contribution in [3.63, 3.8) is 0 Å². The van der Waals surface area contributed by atoms with Crippen molar-refractivity contribution in [2.75, 3.05) is 4.90 Å². The molecule has 1 N–H and O–H groups in total. The molecule has 1 aliphatic rings. The van der Waals surface area contributed by atoms with Crippen LogP contribution < -0.4 is 15.0 Å². The summed E-state index contributed by atoms with van der Waals surface area (Å²) >= 11 is 11.3. The number of carbonyl (C=O) groups is 2. The van der Waals surface area contributed by atoms with Gasteiger partial charge in [-0.25, -0.2) is 4.98 Å². The molecule has 8 heteroatoms. The molecule has 0 spiro atoms. The Balaban J connectivity index is 1.61. The van der Waals surface area contributed by atoms with Gasteiger partial charge in [-0.1, -0.05) is 35.9 Å². The molecule has 2 amide bonds. The van der Waals surface area contributed by atoms with Gasteiger partial charge in [-0.05, 0) is 60.8 Å². The average molecular weight is 436 g/mol. The highest BCUT2D eigenvalue weighted by Crippen LogP contribution is 2.27. The minimum atomic E-state index is -0.592. The maximum Gasteiger partial charge on any atom is 0.270 e. The largest absolute Gasteiger partial charge is 0.457 e. The van der Waals surface area contributed by atoms with Crippen LogP contribution in [0.4, 0.5) is 5.69 Å². The number of hydrogen-bond acceptors (Lipinski definition) is 5. The van der Waals surface area contributed by atoms with Gasteiger partial charge in [0.15, 0.2) is 5.11 Å². The second-order valence-corrected chi connectivity index (χ2v) is 7.00. The van der Waals surface area contributed by atoms with Crippen molar-refractivity contribution >= 4 is 52.5 Å². The fraction of sp³-hybridized carbons (Fsp3) is 0. The third kappa shape index (κ3) is 4.07. The number of rotatable bonds is 4. The second-order valence-electron chi connectivity index (χ2n) is 6.25. The summed E-state index contributed by atoms with van der Waals surface area (Å²) in [5.74, 6) is 0.147. The fourth-order valence-corrected chi connectivity index (χ4v) is 3.30. The first-order valence-corrected chi connectivity index (χ1v) is 9.66. The van der Waals surface area contributed by atoms with Gasteiger partial charge in [-0.15, -0.1) is 0 Å². The van der Waals surface area contributed by atoms with Crippen LogP contribution in [-0.2, 0) is 9.59 Å². The molecule has 0 radical (unpaired) electrons. The molecular weight excluding hydrogens is 422 g/mol. The van der Waals surface area contributed by atoms with Crippen LogP contribution in [0.3, 0.4) is 0 Å². The maximum atomic E-state index is 13.1. The highest BCUT2D eigenvalue weighted by Gasteiger charge is 2.34. The van der Waals surface area contributed by atoms with E-state index < -0.39 is 11.8 Å². The number of para-hydroxylation sites is 1. The van der Waals surface area contributed by atoms with Gasteiger partial charge >= 0.3 is 0 Å². The van der Waals surface area contributed by atoms with E-state index in [1.807, 2.05) is 30.3 Å². The topological polar surface area (TPSA) is 71.5 Å². The molecule has 1 aliphatic heterocycles. The second kappa shape index (κ2) is 8.44. The summed E-state index contributed by atoms with van der Waals surface area (Å²) in [6, 6.07) is 19.5. The number of thiocarbonyl (C=S) groups is 1. The first kappa shape index (κ1) is 19.8. The number of carbonyl (C=O) groups excluding carboxylic acids is 2. The Kier molecular flexibility index (Phi) is 5.56. The molecule has 1 fully saturated rings. The van der Waals surface area contributed by atoms with Gasteiger partial charge in [0.1, 0.15) is 22.2 Å². The number of anilines is 1. The van der Waals surface area contributed by atoms with Crippen LogP contribution in [0.25, 0.3) is 6.08 Å². The van der Waals surface area contributed by atoms with Crippen LogP contribution >= 0.6 is 23.8 Å². The summed E-state index contributed by atoms with van der Waals surface area (Å²) in [7, 11) is 0. The number of benzene rings is 2. The monoisotopic (exact) mass is 435 g/mol. The highest BCUT2D eigenvalue weighted by atomic mass is 35.5. The van der Waals surface area contributed by atoms with E-state index in [2.05, 4.69) is 10.3 Å². The number of halogens is 1. The molecule has 1 saturated heterocycles. The molecule has 6 nitrogen and oxygen atoms in total. The molecule has 0 saturated carbocycles. The zero-order valence-corrected chi connectivity index (χ0v) is 17.0. The van der Waals surface area contributed by atoms with Gasteiger partial charge < -0.3 is 4.74 Å². The lowest BCUT2D eigenvalue weighted by molar-refractivity contribution is -0.122. The summed E-state index contributed by atoms with van der Waals surface area (Å²) in [6.07, 6.45) is 2.92. The lowest BCUT2D eigenvalue weighted by Crippen LogP contribution is -2.54. The normalized spacial score (nSPS) is 15.3. The molecule has 0 bridgehead atoms. The lowest BCUT2D eigenvalue weighted by atomic mass is 10.1. The number of hydrogen-bond donors (Lipinski definition) is 1. The van der Waals surface area contributed by atoms with E-state index in [1.165, 1.54) is 17.2 Å². The number of aromatic nitrogens is 1. The Morgan fingerprint density at radius 2 is 1.67 bits per heavy atom. The number of pyridine rings is 1. The van der Waals surface area contributed by atoms with Crippen molar-refractivity contribution < 1.29 is 14.3 Å². The van der Waals surface area contributed by atoms with Crippen LogP contribution in [0.2, 0.25) is 5.15 Å². The Labute approximate surface area is 182 Å². The quantitative estimate of drug-likeness (QED) is 0.285. The third-order valence-corrected chi connectivity index (χ3v) is 4.86. The maximum absolute atomic E-state index is 13.1. The Bertz CT molecular complexity index is 1160. The molecule has 148 valence electrons. The van der Waals surface area contributed by atoms with Gasteiger partial charge in [0, 0.05) is 11.8 Å². The SMILES string of the molecule is O=C1NC(=S)N(c2ccc(Oc3ccccc3)cc2)C(=O)/C1=C/c1cccnc1Cl. The van der Waals surface area contributed by atoms with E-state index in [-0.39, 0.29) is 15.8 Å². The summed E-state index contributed by atoms with van der Waals surface area (Å²) in [5.41, 5.74) is 0.855. The summed E-state index contributed by atoms with van der Waals surface area (Å²) in [4.78, 5) is 30.6. The zero-order valence-electron chi connectivity index (χ0n) is 15.4. The van der Waals surface area contributed by atoms with Gasteiger partial charge in [0.05, 0.1) is 5.69 Å². The average Bonchev–Trinajstić information content (AvgIpc) is 2.74. The van der Waals surface area contributed by atoms with Gasteiger partial charge in [-0.3, -0.25) is 19.8 Å². The molecule has 2 heterocycles. The zero-order chi connectivity index (χ0) is 21.1. The summed E-state index contributed by atoms with van der Waals surface area (Å²) < 4.78 is 5.77. The lowest BCUT2D eigenvalue weighted by Gasteiger charge is -2.29. The van der Waals surface area contributed by atoms with E-state index >= 15 is 0 Å². The van der Waals surface area contributed by atoms with Crippen LogP contribution in [0.5, 0.6) is 11.5 Å². The Morgan fingerprint density at radius 1 is 0.967 bits per heavy atom. The minimum Gasteiger partial charge on any atom is -0.457 e. The van der Waals surface area contributed by atoms with Crippen molar-refractivity contribution in [2.45, 2.75) is 0 Å². The molecule has 3 aromatic rings. The Hall–Kier alpha value is -3.55. The minimum absolute atomic E-state index is 0.00355. The number of nitrogens with one attached hydrogen (secondary N) is 1. The number of nitrogens with zero attached hydrogens (tertiary/aromatic N) is 2. The molecular formula is C22H14ClN3O3S. The van der Waals surface area contributed by atoms with E-state index in [1.54, 1.807) is 36.4 Å². The third-order valence-electron chi connectivity index (χ3n) is 4.26. The molecule has 0 aliphatic carbocycles. The van der Waals surface area contributed by atoms with Crippen LogP contribution in [0.1, 0.15) is 5.56 Å². The summed E-state index contributed by atoms with van der Waals surface area (Å²) in [6.45, 7) is 0. The van der Waals surface area contributed by atoms with Gasteiger partial charge in [0.2, 0.25) is 0 Å². The number of ether oxygens (including phenoxy) is 1. The molecule has 30 heavy (non-hydrogen) atoms. The van der Waals surface area contributed by atoms with Crippen LogP contribution in [0, 0.1) is 0 Å². The molecule has 1 aromatic heterocycles. The predicted octanol–water partition coefficient (Wildman–Crippen LogP) is 4.36. The van der Waals surface area contributed by atoms with Crippen molar-refractivity contribution in [3.05, 3.63) is 89.2 Å². The van der Waals surface area contributed by atoms with E-state index in [0.29, 0.717) is 22.7 Å². The van der Waals surface area contributed by atoms with Crippen molar-refractivity contribution in [3.8, 4) is 11.5 Å². The smallest absolute Gasteiger partial charge is 0.270 e. The summed E-state index contributed by atoms with van der Waals surface area (Å²) in [5, 5.41) is 2.72. The van der Waals surface area contributed by atoms with Crippen LogP contribution in [0.15, 0.2) is 78.5 Å². The standard InChI is InChI=1S/C22H14ClN3O3S/c23-19-14(5-4-12-24-19)13-18-20(27)25-22(30)26(21(18)28)15-8-10-17(11-9-15)29-16-6-2-1-3-7-16/h1-13H,(H,25,27,30)/b18-13+. The van der Waals surface area contributed by atoms with Crippen molar-refractivity contribution in [1.29, 1.82) is 0 Å². The first-order chi connectivity index (χ1) is 14.5. The molecule has 0 unspecified atom stereocenters. The van der Waals surface area contributed by atoms with Crippen molar-refractivity contribution in [1.82, 2.24) is 10.3 Å². The first-order valence-electron chi connectivity index (χ1n) is 8.88. The highest BCUT2D eigenvalue weighted by molar-refractivity contribution is 7.80. The number of amides is 2. The van der Waals surface area contributed by atoms with E-state index in [0.717, 1.165) is 0 Å². The molecule has 2 aromatic carbocycles.